The third-order valence-electron chi connectivity index (χ3n) is 1.69. The molecule has 2 N–H and O–H groups in total. The molecule has 1 aromatic rings. The summed E-state index contributed by atoms with van der Waals surface area (Å²) in [5.41, 5.74) is -1.94. The van der Waals surface area contributed by atoms with Crippen LogP contribution in [0, 0.1) is 0 Å². The molecule has 0 fully saturated rings. The van der Waals surface area contributed by atoms with Crippen molar-refractivity contribution < 1.29 is 13.2 Å². The van der Waals surface area contributed by atoms with Crippen molar-refractivity contribution in [3.63, 3.8) is 0 Å². The highest BCUT2D eigenvalue weighted by atomic mass is 19.4. The third-order valence-corrected chi connectivity index (χ3v) is 1.69. The summed E-state index contributed by atoms with van der Waals surface area (Å²) >= 11 is 0. The van der Waals surface area contributed by atoms with Crippen LogP contribution in [-0.2, 0) is 12.6 Å². The zero-order valence-corrected chi connectivity index (χ0v) is 7.98. The lowest BCUT2D eigenvalue weighted by Crippen LogP contribution is -2.21. The predicted molar refractivity (Wildman–Crippen MR) is 47.5 cm³/mol. The fraction of sp³-hybridized carbons (Fsp3) is 0.500. The van der Waals surface area contributed by atoms with Crippen molar-refractivity contribution in [1.82, 2.24) is 15.3 Å². The number of aromatic nitrogens is 2. The molecule has 0 atom stereocenters. The van der Waals surface area contributed by atoms with Crippen molar-refractivity contribution in [3.8, 4) is 0 Å². The minimum absolute atomic E-state index is 0.0316. The van der Waals surface area contributed by atoms with Crippen LogP contribution in [0.15, 0.2) is 10.9 Å². The Morgan fingerprint density at radius 3 is 2.73 bits per heavy atom. The molecule has 15 heavy (non-hydrogen) atoms. The lowest BCUT2D eigenvalue weighted by Gasteiger charge is -2.06. The summed E-state index contributed by atoms with van der Waals surface area (Å²) < 4.78 is 36.7. The Morgan fingerprint density at radius 1 is 1.53 bits per heavy atom. The Hall–Kier alpha value is -1.37. The van der Waals surface area contributed by atoms with Gasteiger partial charge in [0.15, 0.2) is 5.69 Å². The first kappa shape index (κ1) is 11.7. The van der Waals surface area contributed by atoms with Gasteiger partial charge in [-0.15, -0.1) is 0 Å². The standard InChI is InChI=1S/C8H10F3N3O/c1-12-3-2-6-13-5(8(9,10)11)4-7(15)14-6/h4,12H,2-3H2,1H3,(H,13,14,15). The number of rotatable bonds is 3. The van der Waals surface area contributed by atoms with E-state index < -0.39 is 17.4 Å². The molecule has 0 radical (unpaired) electrons. The van der Waals surface area contributed by atoms with Crippen LogP contribution in [0.2, 0.25) is 0 Å². The number of likely N-dealkylation sites (N-methyl/N-ethyl adjacent to an activating group) is 1. The van der Waals surface area contributed by atoms with E-state index in [0.29, 0.717) is 12.6 Å². The van der Waals surface area contributed by atoms with E-state index in [1.54, 1.807) is 7.05 Å². The van der Waals surface area contributed by atoms with Gasteiger partial charge in [0.1, 0.15) is 5.82 Å². The van der Waals surface area contributed by atoms with Crippen molar-refractivity contribution in [2.24, 2.45) is 0 Å². The molecule has 0 amide bonds. The van der Waals surface area contributed by atoms with Crippen LogP contribution in [0.4, 0.5) is 13.2 Å². The third kappa shape index (κ3) is 3.35. The zero-order chi connectivity index (χ0) is 11.5. The summed E-state index contributed by atoms with van der Waals surface area (Å²) in [6.07, 6.45) is -4.34. The summed E-state index contributed by atoms with van der Waals surface area (Å²) in [6.45, 7) is 0.449. The highest BCUT2D eigenvalue weighted by Gasteiger charge is 2.33. The predicted octanol–water partition coefficient (Wildman–Crippen LogP) is 0.551. The molecule has 0 bridgehead atoms. The molecule has 4 nitrogen and oxygen atoms in total. The molecule has 0 aliphatic rings. The van der Waals surface area contributed by atoms with Crippen LogP contribution in [0.25, 0.3) is 0 Å². The van der Waals surface area contributed by atoms with E-state index in [4.69, 9.17) is 0 Å². The van der Waals surface area contributed by atoms with Crippen LogP contribution in [0.3, 0.4) is 0 Å². The van der Waals surface area contributed by atoms with Crippen LogP contribution < -0.4 is 10.9 Å². The van der Waals surface area contributed by atoms with Crippen LogP contribution in [0.1, 0.15) is 11.5 Å². The molecule has 0 saturated carbocycles. The molecule has 0 aliphatic heterocycles. The number of halogens is 3. The van der Waals surface area contributed by atoms with Crippen LogP contribution in [-0.4, -0.2) is 23.6 Å². The Bertz CT molecular complexity index is 385. The summed E-state index contributed by atoms with van der Waals surface area (Å²) in [6, 6.07) is 0.447. The summed E-state index contributed by atoms with van der Waals surface area (Å²) in [4.78, 5) is 16.5. The molecule has 1 heterocycles. The van der Waals surface area contributed by atoms with Gasteiger partial charge in [-0.25, -0.2) is 4.98 Å². The van der Waals surface area contributed by atoms with Crippen molar-refractivity contribution in [1.29, 1.82) is 0 Å². The van der Waals surface area contributed by atoms with Crippen LogP contribution >= 0.6 is 0 Å². The largest absolute Gasteiger partial charge is 0.433 e. The van der Waals surface area contributed by atoms with Crippen LogP contribution in [0.5, 0.6) is 0 Å². The summed E-state index contributed by atoms with van der Waals surface area (Å²) in [5, 5.41) is 2.75. The van der Waals surface area contributed by atoms with Gasteiger partial charge >= 0.3 is 6.18 Å². The topological polar surface area (TPSA) is 57.8 Å². The van der Waals surface area contributed by atoms with E-state index in [0.717, 1.165) is 0 Å². The minimum Gasteiger partial charge on any atom is -0.319 e. The number of nitrogens with zero attached hydrogens (tertiary/aromatic N) is 1. The number of nitrogens with one attached hydrogen (secondary N) is 2. The first-order valence-corrected chi connectivity index (χ1v) is 4.25. The van der Waals surface area contributed by atoms with Gasteiger partial charge in [-0.3, -0.25) is 4.79 Å². The highest BCUT2D eigenvalue weighted by molar-refractivity contribution is 5.06. The van der Waals surface area contributed by atoms with E-state index in [-0.39, 0.29) is 12.2 Å². The van der Waals surface area contributed by atoms with E-state index in [1.165, 1.54) is 0 Å². The molecule has 7 heteroatoms. The molecule has 0 aromatic carbocycles. The lowest BCUT2D eigenvalue weighted by molar-refractivity contribution is -0.141. The molecule has 0 spiro atoms. The second-order valence-electron chi connectivity index (χ2n) is 2.93. The smallest absolute Gasteiger partial charge is 0.319 e. The summed E-state index contributed by atoms with van der Waals surface area (Å²) in [7, 11) is 1.66. The van der Waals surface area contributed by atoms with Gasteiger partial charge in [-0.2, -0.15) is 13.2 Å². The van der Waals surface area contributed by atoms with Gasteiger partial charge in [0, 0.05) is 19.0 Å². The molecule has 84 valence electrons. The van der Waals surface area contributed by atoms with Gasteiger partial charge < -0.3 is 10.3 Å². The second-order valence-corrected chi connectivity index (χ2v) is 2.93. The normalized spacial score (nSPS) is 11.7. The quantitative estimate of drug-likeness (QED) is 0.783. The van der Waals surface area contributed by atoms with Gasteiger partial charge in [0.2, 0.25) is 0 Å². The SMILES string of the molecule is CNCCc1nc(C(F)(F)F)cc(=O)[nH]1. The zero-order valence-electron chi connectivity index (χ0n) is 7.98. The minimum atomic E-state index is -4.58. The van der Waals surface area contributed by atoms with E-state index in [1.807, 2.05) is 0 Å². The summed E-state index contributed by atoms with van der Waals surface area (Å²) in [5.74, 6) is 0.0316. The molecule has 0 saturated heterocycles. The molecule has 0 unspecified atom stereocenters. The van der Waals surface area contributed by atoms with E-state index >= 15 is 0 Å². The Morgan fingerprint density at radius 2 is 2.20 bits per heavy atom. The fourth-order valence-electron chi connectivity index (χ4n) is 1.02. The molecule has 1 rings (SSSR count). The van der Waals surface area contributed by atoms with Gasteiger partial charge in [-0.05, 0) is 7.05 Å². The maximum atomic E-state index is 12.2. The average Bonchev–Trinajstić information content (AvgIpc) is 2.12. The van der Waals surface area contributed by atoms with Gasteiger partial charge in [0.25, 0.3) is 5.56 Å². The number of hydrogen-bond donors (Lipinski definition) is 2. The molecular formula is C8H10F3N3O. The maximum absolute atomic E-state index is 12.2. The van der Waals surface area contributed by atoms with Crippen molar-refractivity contribution in [2.75, 3.05) is 13.6 Å². The molecule has 1 aromatic heterocycles. The number of hydrogen-bond acceptors (Lipinski definition) is 3. The first-order valence-electron chi connectivity index (χ1n) is 4.25. The molecule has 0 aliphatic carbocycles. The van der Waals surface area contributed by atoms with Gasteiger partial charge in [-0.1, -0.05) is 0 Å². The highest BCUT2D eigenvalue weighted by Crippen LogP contribution is 2.26. The monoisotopic (exact) mass is 221 g/mol. The molecular weight excluding hydrogens is 211 g/mol. The van der Waals surface area contributed by atoms with Crippen molar-refractivity contribution >= 4 is 0 Å². The fourth-order valence-corrected chi connectivity index (χ4v) is 1.02. The van der Waals surface area contributed by atoms with Crippen molar-refractivity contribution in [3.05, 3.63) is 27.9 Å². The number of alkyl halides is 3. The van der Waals surface area contributed by atoms with Crippen molar-refractivity contribution in [2.45, 2.75) is 12.6 Å². The Kier molecular flexibility index (Phi) is 3.46. The van der Waals surface area contributed by atoms with Gasteiger partial charge in [0.05, 0.1) is 0 Å². The number of aromatic amines is 1. The maximum Gasteiger partial charge on any atom is 0.433 e. The first-order chi connectivity index (χ1) is 6.93. The van der Waals surface area contributed by atoms with E-state index in [9.17, 15) is 18.0 Å². The second kappa shape index (κ2) is 4.43. The Labute approximate surface area is 83.5 Å². The average molecular weight is 221 g/mol. The number of H-pyrrole nitrogens is 1. The Balaban J connectivity index is 3.01. The lowest BCUT2D eigenvalue weighted by atomic mass is 10.3. The van der Waals surface area contributed by atoms with E-state index in [2.05, 4.69) is 15.3 Å².